The van der Waals surface area contributed by atoms with Gasteiger partial charge in [0, 0.05) is 6.07 Å². The third-order valence-corrected chi connectivity index (χ3v) is 12.9. The largest absolute Gasteiger partial charge is 0.478 e. The third-order valence-electron chi connectivity index (χ3n) is 12.9. The third kappa shape index (κ3) is 4.74. The lowest BCUT2D eigenvalue weighted by molar-refractivity contribution is -0.00595. The smallest absolute Gasteiger partial charge is 0.335 e. The van der Waals surface area contributed by atoms with Gasteiger partial charge in [0.1, 0.15) is 23.0 Å². The highest BCUT2D eigenvalue weighted by Gasteiger charge is 2.54. The van der Waals surface area contributed by atoms with Gasteiger partial charge >= 0.3 is 11.9 Å². The molecule has 8 saturated carbocycles. The fourth-order valence-corrected chi connectivity index (χ4v) is 12.2. The second-order valence-corrected chi connectivity index (χ2v) is 16.1. The molecule has 3 aromatic rings. The van der Waals surface area contributed by atoms with E-state index in [2.05, 4.69) is 0 Å². The minimum Gasteiger partial charge on any atom is -0.478 e. The van der Waals surface area contributed by atoms with E-state index in [1.165, 1.54) is 38.5 Å². The lowest BCUT2D eigenvalue weighted by Gasteiger charge is -2.57. The van der Waals surface area contributed by atoms with Crippen LogP contribution in [0.15, 0.2) is 60.7 Å². The predicted molar refractivity (Wildman–Crippen MR) is 173 cm³/mol. The highest BCUT2D eigenvalue weighted by molar-refractivity contribution is 5.91. The molecule has 0 atom stereocenters. The van der Waals surface area contributed by atoms with E-state index < -0.39 is 11.9 Å². The number of ether oxygens (including phenoxy) is 2. The summed E-state index contributed by atoms with van der Waals surface area (Å²) in [6.07, 6.45) is 14.3. The van der Waals surface area contributed by atoms with Crippen LogP contribution in [0.25, 0.3) is 0 Å². The van der Waals surface area contributed by atoms with Gasteiger partial charge in [0.05, 0.1) is 11.1 Å². The molecule has 0 saturated heterocycles. The molecule has 8 bridgehead atoms. The van der Waals surface area contributed by atoms with E-state index >= 15 is 0 Å². The van der Waals surface area contributed by atoms with Crippen LogP contribution in [0.3, 0.4) is 0 Å². The first-order valence-corrected chi connectivity index (χ1v) is 17.4. The van der Waals surface area contributed by atoms with Crippen molar-refractivity contribution in [1.29, 1.82) is 0 Å². The maximum Gasteiger partial charge on any atom is 0.335 e. The summed E-state index contributed by atoms with van der Waals surface area (Å²) in [6.45, 7) is 0. The molecule has 6 heteroatoms. The number of aromatic carboxylic acids is 2. The average molecular weight is 619 g/mol. The Hall–Kier alpha value is -3.80. The van der Waals surface area contributed by atoms with E-state index in [9.17, 15) is 19.8 Å². The van der Waals surface area contributed by atoms with E-state index in [1.807, 2.05) is 36.4 Å². The minimum absolute atomic E-state index is 0.0662. The quantitative estimate of drug-likeness (QED) is 0.261. The summed E-state index contributed by atoms with van der Waals surface area (Å²) in [5, 5.41) is 20.3. The van der Waals surface area contributed by atoms with E-state index in [-0.39, 0.29) is 10.8 Å². The van der Waals surface area contributed by atoms with E-state index in [0.717, 1.165) is 49.7 Å². The molecule has 2 N–H and O–H groups in total. The number of hydrogen-bond donors (Lipinski definition) is 2. The van der Waals surface area contributed by atoms with Gasteiger partial charge in [0.2, 0.25) is 0 Å². The van der Waals surface area contributed by atoms with Crippen molar-refractivity contribution in [3.05, 3.63) is 82.9 Å². The Morgan fingerprint density at radius 1 is 0.500 bits per heavy atom. The van der Waals surface area contributed by atoms with Gasteiger partial charge in [-0.1, -0.05) is 6.07 Å². The van der Waals surface area contributed by atoms with Crippen LogP contribution in [0.5, 0.6) is 23.0 Å². The Morgan fingerprint density at radius 3 is 1.15 bits per heavy atom. The number of benzene rings is 3. The summed E-state index contributed by atoms with van der Waals surface area (Å²) in [5.74, 6) is 5.02. The van der Waals surface area contributed by atoms with Crippen molar-refractivity contribution < 1.29 is 29.3 Å². The lowest BCUT2D eigenvalue weighted by Crippen LogP contribution is -2.49. The fourth-order valence-electron chi connectivity index (χ4n) is 12.2. The van der Waals surface area contributed by atoms with Crippen LogP contribution in [0.1, 0.15) is 109 Å². The van der Waals surface area contributed by atoms with Crippen LogP contribution in [-0.4, -0.2) is 22.2 Å². The molecule has 0 amide bonds. The Bertz CT molecular complexity index is 1540. The van der Waals surface area contributed by atoms with Gasteiger partial charge in [0.15, 0.2) is 0 Å². The normalized spacial score (nSPS) is 34.9. The zero-order chi connectivity index (χ0) is 31.2. The van der Waals surface area contributed by atoms with Crippen LogP contribution in [0.4, 0.5) is 0 Å². The Labute approximate surface area is 270 Å². The summed E-state index contributed by atoms with van der Waals surface area (Å²) < 4.78 is 12.8. The lowest BCUT2D eigenvalue weighted by atomic mass is 9.47. The van der Waals surface area contributed by atoms with Crippen LogP contribution >= 0.6 is 0 Å². The first-order valence-electron chi connectivity index (χ1n) is 17.4. The van der Waals surface area contributed by atoms with Crippen molar-refractivity contribution in [2.75, 3.05) is 0 Å². The predicted octanol–water partition coefficient (Wildman–Crippen LogP) is 9.60. The van der Waals surface area contributed by atoms with Crippen molar-refractivity contribution in [2.45, 2.75) is 87.9 Å². The molecule has 0 spiro atoms. The number of rotatable bonds is 8. The minimum atomic E-state index is -0.866. The summed E-state index contributed by atoms with van der Waals surface area (Å²) in [5.41, 5.74) is 2.57. The zero-order valence-corrected chi connectivity index (χ0v) is 26.3. The van der Waals surface area contributed by atoms with Gasteiger partial charge in [-0.05, 0) is 183 Å². The highest BCUT2D eigenvalue weighted by atomic mass is 16.5. The van der Waals surface area contributed by atoms with Gasteiger partial charge in [-0.15, -0.1) is 0 Å². The SMILES string of the molecule is O=C(O)c1ccc(Oc2cccc(Oc3ccc(C(=O)O)c(C45CC6CC(CC(C6)C4)C5)c3)c2)cc1C12CC3CC(CC(C3)C1)C2. The molecule has 11 rings (SSSR count). The monoisotopic (exact) mass is 618 g/mol. The highest BCUT2D eigenvalue weighted by Crippen LogP contribution is 2.63. The van der Waals surface area contributed by atoms with Gasteiger partial charge in [-0.2, -0.15) is 0 Å². The molecule has 46 heavy (non-hydrogen) atoms. The topological polar surface area (TPSA) is 93.1 Å². The number of hydrogen-bond acceptors (Lipinski definition) is 4. The molecule has 238 valence electrons. The summed E-state index contributed by atoms with van der Waals surface area (Å²) in [6, 6.07) is 18.5. The van der Waals surface area contributed by atoms with Crippen molar-refractivity contribution in [3.8, 4) is 23.0 Å². The Balaban J connectivity index is 0.992. The Kier molecular flexibility index (Phi) is 6.40. The maximum absolute atomic E-state index is 12.4. The van der Waals surface area contributed by atoms with Crippen molar-refractivity contribution >= 4 is 11.9 Å². The first-order chi connectivity index (χ1) is 22.2. The number of carbonyl (C=O) groups is 2. The molecular formula is C40H42O6. The maximum atomic E-state index is 12.4. The van der Waals surface area contributed by atoms with E-state index in [1.54, 1.807) is 24.3 Å². The average Bonchev–Trinajstić information content (AvgIpc) is 3.00. The van der Waals surface area contributed by atoms with E-state index in [0.29, 0.717) is 69.6 Å². The second-order valence-electron chi connectivity index (χ2n) is 16.1. The number of carboxylic acids is 2. The van der Waals surface area contributed by atoms with Crippen LogP contribution in [-0.2, 0) is 10.8 Å². The van der Waals surface area contributed by atoms with Crippen molar-refractivity contribution in [2.24, 2.45) is 35.5 Å². The second kappa shape index (κ2) is 10.4. The van der Waals surface area contributed by atoms with Crippen molar-refractivity contribution in [3.63, 3.8) is 0 Å². The summed E-state index contributed by atoms with van der Waals surface area (Å²) >= 11 is 0. The molecule has 0 aromatic heterocycles. The molecule has 0 heterocycles. The van der Waals surface area contributed by atoms with Crippen LogP contribution < -0.4 is 9.47 Å². The van der Waals surface area contributed by atoms with Crippen molar-refractivity contribution in [1.82, 2.24) is 0 Å². The molecule has 6 nitrogen and oxygen atoms in total. The van der Waals surface area contributed by atoms with E-state index in [4.69, 9.17) is 9.47 Å². The van der Waals surface area contributed by atoms with Gasteiger partial charge in [-0.25, -0.2) is 9.59 Å². The van der Waals surface area contributed by atoms with Crippen LogP contribution in [0, 0.1) is 35.5 Å². The van der Waals surface area contributed by atoms with Crippen LogP contribution in [0.2, 0.25) is 0 Å². The first kappa shape index (κ1) is 28.4. The summed E-state index contributed by atoms with van der Waals surface area (Å²) in [4.78, 5) is 24.7. The molecule has 0 radical (unpaired) electrons. The molecule has 8 aliphatic carbocycles. The molecule has 8 aliphatic rings. The zero-order valence-electron chi connectivity index (χ0n) is 26.3. The molecule has 3 aromatic carbocycles. The molecule has 0 aliphatic heterocycles. The van der Waals surface area contributed by atoms with Gasteiger partial charge in [-0.3, -0.25) is 0 Å². The van der Waals surface area contributed by atoms with Gasteiger partial charge < -0.3 is 19.7 Å². The fraction of sp³-hybridized carbons (Fsp3) is 0.500. The standard InChI is InChI=1S/C40H42O6/c41-37(42)33-6-4-31(15-35(33)39-17-23-8-24(18-39)10-25(9-23)19-39)45-29-2-1-3-30(14-29)46-32-5-7-34(38(43)44)36(16-32)40-20-26-11-27(21-40)13-28(12-26)22-40/h1-7,14-16,23-28H,8-13,17-22H2,(H,41,42)(H,43,44). The Morgan fingerprint density at radius 2 is 0.826 bits per heavy atom. The molecular weight excluding hydrogens is 576 g/mol. The molecule has 8 fully saturated rings. The number of carboxylic acid groups (broad SMARTS) is 2. The van der Waals surface area contributed by atoms with Gasteiger partial charge in [0.25, 0.3) is 0 Å². The molecule has 0 unspecified atom stereocenters. The summed E-state index contributed by atoms with van der Waals surface area (Å²) in [7, 11) is 0.